The quantitative estimate of drug-likeness (QED) is 0.0918. The van der Waals surface area contributed by atoms with Crippen LogP contribution in [-0.4, -0.2) is 129 Å². The number of fused-ring (bicyclic) bond motifs is 6. The van der Waals surface area contributed by atoms with Gasteiger partial charge in [0.05, 0.1) is 31.2 Å². The predicted octanol–water partition coefficient (Wildman–Crippen LogP) is 10.1. The first kappa shape index (κ1) is 53.5. The third-order valence-corrected chi connectivity index (χ3v) is 16.3. The molecule has 13 nitrogen and oxygen atoms in total. The molecular weight excluding hydrogens is 935 g/mol. The molecule has 1 amide bonds. The van der Waals surface area contributed by atoms with E-state index in [4.69, 9.17) is 4.74 Å². The Morgan fingerprint density at radius 3 is 1.45 bits per heavy atom. The van der Waals surface area contributed by atoms with E-state index in [1.54, 1.807) is 4.90 Å². The van der Waals surface area contributed by atoms with Gasteiger partial charge in [-0.3, -0.25) is 14.0 Å². The molecule has 4 aromatic rings. The maximum absolute atomic E-state index is 12.8. The molecule has 71 heavy (non-hydrogen) atoms. The largest absolute Gasteiger partial charge is 0.450 e. The standard InChI is InChI=1S/C50H58N4O8S2.C6H15N/c1-6-62-48(55)52-31-29-51(30-32-52)47-37(21-25-43-49(2,3)45-39-15-9-7-13-35(39)19-23-41(45)53(43)27-11-33-63(56,57)58)17-18-38(47)22-26-44-50(4,5)46-40-16-10-8-14-36(40)20-24-42(46)54(44)28-12-34-64(59,60)61;1-4-7(5-2)6-3/h7-10,13-16,19-26H,6,11-12,17-18,27-34H2,1-5H3,(H-,56,57,58,59,60,61);4-6H2,1-3H3/p+1. The molecule has 0 radical (unpaired) electrons. The monoisotopic (exact) mass is 1010 g/mol. The van der Waals surface area contributed by atoms with E-state index in [2.05, 4.69) is 141 Å². The van der Waals surface area contributed by atoms with Crippen LogP contribution in [0.5, 0.6) is 0 Å². The fourth-order valence-electron chi connectivity index (χ4n) is 11.2. The van der Waals surface area contributed by atoms with Crippen LogP contribution in [0.1, 0.15) is 92.2 Å². The van der Waals surface area contributed by atoms with E-state index in [1.165, 1.54) is 30.8 Å². The number of nitrogens with zero attached hydrogens (tertiary/aromatic N) is 5. The SMILES string of the molecule is CCN(CC)CC.CCOC(=O)N1CC[N+](=C2/C(=C\C=C3/N(CCCS(=O)(=O)O)c4ccc5ccccc5c4C3(C)C)CC/C2=C/C=C2\N(CCCS(=O)(=O)O)c3ccc4ccccc4c3C2(C)C)CC1. The highest BCUT2D eigenvalue weighted by molar-refractivity contribution is 7.86. The number of carbonyl (C=O) groups is 1. The van der Waals surface area contributed by atoms with Crippen LogP contribution in [0.25, 0.3) is 21.5 Å². The van der Waals surface area contributed by atoms with Gasteiger partial charge in [-0.25, -0.2) is 9.37 Å². The second kappa shape index (κ2) is 22.2. The Balaban J connectivity index is 0.000000985. The number of ether oxygens (including phenoxy) is 1. The lowest BCUT2D eigenvalue weighted by Crippen LogP contribution is -2.47. The Morgan fingerprint density at radius 2 is 1.07 bits per heavy atom. The molecule has 0 aromatic heterocycles. The average Bonchev–Trinajstić information content (AvgIpc) is 3.91. The zero-order valence-corrected chi connectivity index (χ0v) is 44.6. The van der Waals surface area contributed by atoms with E-state index in [-0.39, 0.29) is 30.4 Å². The number of anilines is 2. The molecule has 1 saturated heterocycles. The van der Waals surface area contributed by atoms with Crippen molar-refractivity contribution < 1.29 is 40.0 Å². The van der Waals surface area contributed by atoms with Gasteiger partial charge in [0.2, 0.25) is 5.71 Å². The Morgan fingerprint density at radius 1 is 0.648 bits per heavy atom. The molecule has 15 heteroatoms. The van der Waals surface area contributed by atoms with Gasteiger partial charge in [-0.15, -0.1) is 0 Å². The Kier molecular flexibility index (Phi) is 16.7. The summed E-state index contributed by atoms with van der Waals surface area (Å²) in [7, 11) is -8.29. The fourth-order valence-corrected chi connectivity index (χ4v) is 12.2. The van der Waals surface area contributed by atoms with E-state index < -0.39 is 31.1 Å². The van der Waals surface area contributed by atoms with Crippen LogP contribution in [-0.2, 0) is 35.8 Å². The molecule has 0 atom stereocenters. The molecular formula is C56H74N5O8S2+. The van der Waals surface area contributed by atoms with E-state index >= 15 is 0 Å². The third-order valence-electron chi connectivity index (χ3n) is 14.7. The summed E-state index contributed by atoms with van der Waals surface area (Å²) < 4.78 is 74.5. The van der Waals surface area contributed by atoms with Gasteiger partial charge in [0.25, 0.3) is 20.2 Å². The summed E-state index contributed by atoms with van der Waals surface area (Å²) in [5.41, 5.74) is 9.01. The van der Waals surface area contributed by atoms with Crippen molar-refractivity contribution in [2.24, 2.45) is 0 Å². The molecule has 0 spiro atoms. The summed E-state index contributed by atoms with van der Waals surface area (Å²) >= 11 is 0. The van der Waals surface area contributed by atoms with Gasteiger partial charge in [0.1, 0.15) is 0 Å². The van der Waals surface area contributed by atoms with Gasteiger partial charge in [-0.2, -0.15) is 16.8 Å². The van der Waals surface area contributed by atoms with E-state index in [0.29, 0.717) is 45.9 Å². The lowest BCUT2D eigenvalue weighted by molar-refractivity contribution is -0.537. The molecule has 8 rings (SSSR count). The summed E-state index contributed by atoms with van der Waals surface area (Å²) in [6.07, 6.45) is 10.5. The number of piperazine rings is 1. The summed E-state index contributed by atoms with van der Waals surface area (Å²) in [6, 6.07) is 25.1. The molecule has 382 valence electrons. The number of allylic oxidation sites excluding steroid dienone is 8. The number of hydrogen-bond acceptors (Lipinski definition) is 9. The highest BCUT2D eigenvalue weighted by Crippen LogP contribution is 2.52. The van der Waals surface area contributed by atoms with E-state index in [1.807, 2.05) is 31.2 Å². The highest BCUT2D eigenvalue weighted by atomic mass is 32.2. The third kappa shape index (κ3) is 11.8. The molecule has 2 N–H and O–H groups in total. The Bertz CT molecular complexity index is 2830. The minimum atomic E-state index is -4.14. The molecule has 1 aliphatic carbocycles. The second-order valence-corrected chi connectivity index (χ2v) is 23.0. The van der Waals surface area contributed by atoms with Gasteiger partial charge in [0, 0.05) is 57.8 Å². The molecule has 0 unspecified atom stereocenters. The second-order valence-electron chi connectivity index (χ2n) is 19.8. The lowest BCUT2D eigenvalue weighted by atomic mass is 9.81. The van der Waals surface area contributed by atoms with Gasteiger partial charge in [-0.05, 0) is 109 Å². The summed E-state index contributed by atoms with van der Waals surface area (Å²) in [4.78, 5) is 21.3. The number of amides is 1. The minimum Gasteiger partial charge on any atom is -0.450 e. The molecule has 0 bridgehead atoms. The average molecular weight is 1010 g/mol. The number of benzene rings is 4. The van der Waals surface area contributed by atoms with E-state index in [9.17, 15) is 30.7 Å². The number of rotatable bonds is 14. The van der Waals surface area contributed by atoms with Crippen molar-refractivity contribution >= 4 is 65.0 Å². The first-order valence-corrected chi connectivity index (χ1v) is 28.5. The maximum atomic E-state index is 12.8. The number of carbonyl (C=O) groups excluding carboxylic acids is 1. The van der Waals surface area contributed by atoms with Gasteiger partial charge < -0.3 is 19.4 Å². The van der Waals surface area contributed by atoms with Crippen molar-refractivity contribution in [1.82, 2.24) is 9.80 Å². The molecule has 4 aromatic carbocycles. The summed E-state index contributed by atoms with van der Waals surface area (Å²) in [5, 5.41) is 4.54. The van der Waals surface area contributed by atoms with Crippen molar-refractivity contribution in [1.29, 1.82) is 0 Å². The van der Waals surface area contributed by atoms with Gasteiger partial charge in [0.15, 0.2) is 13.1 Å². The first-order chi connectivity index (χ1) is 33.7. The Labute approximate surface area is 422 Å². The summed E-state index contributed by atoms with van der Waals surface area (Å²) in [5.74, 6) is -0.673. The summed E-state index contributed by atoms with van der Waals surface area (Å²) in [6.45, 7) is 24.2. The van der Waals surface area contributed by atoms with Crippen molar-refractivity contribution in [2.75, 3.05) is 86.8 Å². The van der Waals surface area contributed by atoms with Gasteiger partial charge in [-0.1, -0.05) is 121 Å². The van der Waals surface area contributed by atoms with Crippen LogP contribution < -0.4 is 9.80 Å². The topological polar surface area (TPSA) is 151 Å². The predicted molar refractivity (Wildman–Crippen MR) is 289 cm³/mol. The minimum absolute atomic E-state index is 0.252. The number of hydrogen-bond donors (Lipinski definition) is 2. The molecule has 3 heterocycles. The van der Waals surface area contributed by atoms with Crippen LogP contribution in [0.3, 0.4) is 0 Å². The zero-order chi connectivity index (χ0) is 51.3. The van der Waals surface area contributed by atoms with Crippen LogP contribution in [0.15, 0.2) is 120 Å². The molecule has 4 aliphatic rings. The fraction of sp³-hybridized carbons (Fsp3) is 0.464. The van der Waals surface area contributed by atoms with Crippen molar-refractivity contribution in [2.45, 2.75) is 91.9 Å². The maximum Gasteiger partial charge on any atom is 0.410 e. The first-order valence-electron chi connectivity index (χ1n) is 25.3. The zero-order valence-electron chi connectivity index (χ0n) is 42.9. The van der Waals surface area contributed by atoms with Crippen LogP contribution in [0.4, 0.5) is 16.2 Å². The van der Waals surface area contributed by atoms with E-state index in [0.717, 1.165) is 74.0 Å². The van der Waals surface area contributed by atoms with Crippen LogP contribution in [0.2, 0.25) is 0 Å². The lowest BCUT2D eigenvalue weighted by Gasteiger charge is -2.27. The van der Waals surface area contributed by atoms with Crippen molar-refractivity contribution in [3.8, 4) is 0 Å². The van der Waals surface area contributed by atoms with Crippen LogP contribution in [0, 0.1) is 0 Å². The van der Waals surface area contributed by atoms with Crippen LogP contribution >= 0.6 is 0 Å². The molecule has 2 fully saturated rings. The van der Waals surface area contributed by atoms with Crippen molar-refractivity contribution in [3.05, 3.63) is 131 Å². The Hall–Kier alpha value is -5.32. The van der Waals surface area contributed by atoms with Gasteiger partial charge >= 0.3 is 6.09 Å². The van der Waals surface area contributed by atoms with Crippen molar-refractivity contribution in [3.63, 3.8) is 0 Å². The molecule has 3 aliphatic heterocycles. The molecule has 1 saturated carbocycles. The smallest absolute Gasteiger partial charge is 0.410 e. The normalized spacial score (nSPS) is 20.0. The highest BCUT2D eigenvalue weighted by Gasteiger charge is 2.43.